The Balaban J connectivity index is 1.47. The molecule has 1 aromatic heterocycles. The van der Waals surface area contributed by atoms with Gasteiger partial charge in [0.25, 0.3) is 0 Å². The zero-order valence-electron chi connectivity index (χ0n) is 17.1. The molecule has 0 unspecified atom stereocenters. The van der Waals surface area contributed by atoms with E-state index in [-0.39, 0.29) is 6.04 Å². The second kappa shape index (κ2) is 9.84. The lowest BCUT2D eigenvalue weighted by Crippen LogP contribution is -2.40. The largest absolute Gasteiger partial charge is 0.378 e. The van der Waals surface area contributed by atoms with Gasteiger partial charge in [-0.2, -0.15) is 15.0 Å². The van der Waals surface area contributed by atoms with Crippen LogP contribution in [-0.2, 0) is 15.9 Å². The number of ether oxygens (including phenoxy) is 2. The number of rotatable bonds is 7. The monoisotopic (exact) mass is 398 g/mol. The number of morpholine rings is 2. The van der Waals surface area contributed by atoms with Gasteiger partial charge in [0.05, 0.1) is 26.4 Å². The van der Waals surface area contributed by atoms with E-state index >= 15 is 0 Å². The molecular formula is C21H30N6O2. The molecule has 4 rings (SSSR count). The number of hydrogen-bond donors (Lipinski definition) is 1. The number of hydrogen-bond acceptors (Lipinski definition) is 8. The minimum atomic E-state index is 0.257. The number of nitrogens with one attached hydrogen (secondary N) is 1. The van der Waals surface area contributed by atoms with Gasteiger partial charge in [0.2, 0.25) is 17.8 Å². The van der Waals surface area contributed by atoms with Crippen molar-refractivity contribution in [2.75, 3.05) is 67.7 Å². The van der Waals surface area contributed by atoms with E-state index in [1.54, 1.807) is 0 Å². The van der Waals surface area contributed by atoms with Crippen molar-refractivity contribution in [3.63, 3.8) is 0 Å². The predicted molar refractivity (Wildman–Crippen MR) is 114 cm³/mol. The molecule has 2 aromatic rings. The minimum absolute atomic E-state index is 0.257. The third-order valence-corrected chi connectivity index (χ3v) is 5.28. The van der Waals surface area contributed by atoms with Crippen LogP contribution in [0.5, 0.6) is 0 Å². The van der Waals surface area contributed by atoms with Crippen molar-refractivity contribution in [1.29, 1.82) is 0 Å². The average Bonchev–Trinajstić information content (AvgIpc) is 2.79. The molecule has 29 heavy (non-hydrogen) atoms. The van der Waals surface area contributed by atoms with Crippen molar-refractivity contribution < 1.29 is 9.47 Å². The van der Waals surface area contributed by atoms with Gasteiger partial charge in [0, 0.05) is 32.2 Å². The molecular weight excluding hydrogens is 368 g/mol. The Morgan fingerprint density at radius 1 is 0.862 bits per heavy atom. The summed E-state index contributed by atoms with van der Waals surface area (Å²) in [6, 6.07) is 10.8. The fourth-order valence-corrected chi connectivity index (χ4v) is 3.55. The van der Waals surface area contributed by atoms with Crippen LogP contribution in [0.1, 0.15) is 18.9 Å². The molecule has 8 nitrogen and oxygen atoms in total. The van der Waals surface area contributed by atoms with Gasteiger partial charge in [0.15, 0.2) is 0 Å². The number of nitrogens with zero attached hydrogens (tertiary/aromatic N) is 5. The SMILES string of the molecule is C[C@H](CCc1ccccc1)Nc1nc(N2CCOCC2)nc(N2CCOCC2)n1. The first-order chi connectivity index (χ1) is 14.3. The highest BCUT2D eigenvalue weighted by molar-refractivity contribution is 5.46. The zero-order valence-corrected chi connectivity index (χ0v) is 17.1. The van der Waals surface area contributed by atoms with Gasteiger partial charge >= 0.3 is 0 Å². The molecule has 156 valence electrons. The molecule has 3 heterocycles. The summed E-state index contributed by atoms with van der Waals surface area (Å²) in [5, 5.41) is 3.49. The van der Waals surface area contributed by atoms with Gasteiger partial charge in [-0.05, 0) is 25.3 Å². The van der Waals surface area contributed by atoms with Crippen molar-refractivity contribution in [3.8, 4) is 0 Å². The molecule has 0 radical (unpaired) electrons. The Hall–Kier alpha value is -2.45. The molecule has 0 aliphatic carbocycles. The summed E-state index contributed by atoms with van der Waals surface area (Å²) in [7, 11) is 0. The first-order valence-electron chi connectivity index (χ1n) is 10.5. The summed E-state index contributed by atoms with van der Waals surface area (Å²) < 4.78 is 11.0. The van der Waals surface area contributed by atoms with Crippen molar-refractivity contribution in [1.82, 2.24) is 15.0 Å². The highest BCUT2D eigenvalue weighted by Gasteiger charge is 2.21. The summed E-state index contributed by atoms with van der Waals surface area (Å²) in [5.41, 5.74) is 1.35. The van der Waals surface area contributed by atoms with E-state index in [1.165, 1.54) is 5.56 Å². The topological polar surface area (TPSA) is 75.6 Å². The van der Waals surface area contributed by atoms with Crippen LogP contribution in [0.15, 0.2) is 30.3 Å². The lowest BCUT2D eigenvalue weighted by atomic mass is 10.1. The van der Waals surface area contributed by atoms with E-state index in [2.05, 4.69) is 52.4 Å². The minimum Gasteiger partial charge on any atom is -0.378 e. The molecule has 2 aliphatic heterocycles. The number of aromatic nitrogens is 3. The lowest BCUT2D eigenvalue weighted by Gasteiger charge is -2.30. The van der Waals surface area contributed by atoms with Gasteiger partial charge in [-0.25, -0.2) is 0 Å². The van der Waals surface area contributed by atoms with Crippen LogP contribution < -0.4 is 15.1 Å². The van der Waals surface area contributed by atoms with Gasteiger partial charge in [-0.3, -0.25) is 0 Å². The Morgan fingerprint density at radius 2 is 1.41 bits per heavy atom. The summed E-state index contributed by atoms with van der Waals surface area (Å²) >= 11 is 0. The quantitative estimate of drug-likeness (QED) is 0.759. The Morgan fingerprint density at radius 3 is 1.97 bits per heavy atom. The fraction of sp³-hybridized carbons (Fsp3) is 0.571. The summed E-state index contributed by atoms with van der Waals surface area (Å²) in [6.07, 6.45) is 2.03. The molecule has 0 amide bonds. The average molecular weight is 399 g/mol. The van der Waals surface area contributed by atoms with E-state index in [0.717, 1.165) is 50.9 Å². The zero-order chi connectivity index (χ0) is 19.9. The second-order valence-electron chi connectivity index (χ2n) is 7.53. The molecule has 0 bridgehead atoms. The molecule has 2 fully saturated rings. The first kappa shape index (κ1) is 19.8. The van der Waals surface area contributed by atoms with Gasteiger partial charge in [-0.1, -0.05) is 30.3 Å². The summed E-state index contributed by atoms with van der Waals surface area (Å²) in [5.74, 6) is 2.09. The number of anilines is 3. The standard InChI is InChI=1S/C21H30N6O2/c1-17(7-8-18-5-3-2-4-6-18)22-19-23-20(26-9-13-28-14-10-26)25-21(24-19)27-11-15-29-16-12-27/h2-6,17H,7-16H2,1H3,(H,22,23,24,25)/t17-/m1/s1. The normalized spacial score (nSPS) is 18.5. The van der Waals surface area contributed by atoms with Gasteiger partial charge in [-0.15, -0.1) is 0 Å². The molecule has 2 aliphatic rings. The number of aryl methyl sites for hydroxylation is 1. The highest BCUT2D eigenvalue weighted by atomic mass is 16.5. The molecule has 1 aromatic carbocycles. The molecule has 0 spiro atoms. The molecule has 1 atom stereocenters. The Kier molecular flexibility index (Phi) is 6.74. The molecule has 0 saturated carbocycles. The summed E-state index contributed by atoms with van der Waals surface area (Å²) in [6.45, 7) is 8.19. The van der Waals surface area contributed by atoms with Crippen LogP contribution in [0.25, 0.3) is 0 Å². The van der Waals surface area contributed by atoms with Gasteiger partial charge < -0.3 is 24.6 Å². The predicted octanol–water partition coefficient (Wildman–Crippen LogP) is 1.98. The maximum absolute atomic E-state index is 5.48. The van der Waals surface area contributed by atoms with E-state index in [9.17, 15) is 0 Å². The fourth-order valence-electron chi connectivity index (χ4n) is 3.55. The van der Waals surface area contributed by atoms with Crippen molar-refractivity contribution in [2.24, 2.45) is 0 Å². The smallest absolute Gasteiger partial charge is 0.232 e. The Bertz CT molecular complexity index is 727. The maximum Gasteiger partial charge on any atom is 0.232 e. The number of benzene rings is 1. The van der Waals surface area contributed by atoms with Crippen LogP contribution in [-0.4, -0.2) is 73.6 Å². The lowest BCUT2D eigenvalue weighted by molar-refractivity contribution is 0.121. The highest BCUT2D eigenvalue weighted by Crippen LogP contribution is 2.19. The second-order valence-corrected chi connectivity index (χ2v) is 7.53. The van der Waals surface area contributed by atoms with Gasteiger partial charge in [0.1, 0.15) is 0 Å². The van der Waals surface area contributed by atoms with Crippen LogP contribution >= 0.6 is 0 Å². The summed E-state index contributed by atoms with van der Waals surface area (Å²) in [4.78, 5) is 18.6. The Labute approximate surface area is 172 Å². The van der Waals surface area contributed by atoms with Crippen molar-refractivity contribution in [2.45, 2.75) is 25.8 Å². The third-order valence-electron chi connectivity index (χ3n) is 5.28. The van der Waals surface area contributed by atoms with Crippen molar-refractivity contribution in [3.05, 3.63) is 35.9 Å². The van der Waals surface area contributed by atoms with E-state index < -0.39 is 0 Å². The molecule has 2 saturated heterocycles. The van der Waals surface area contributed by atoms with E-state index in [1.807, 2.05) is 0 Å². The molecule has 1 N–H and O–H groups in total. The van der Waals surface area contributed by atoms with Crippen LogP contribution in [0.3, 0.4) is 0 Å². The van der Waals surface area contributed by atoms with E-state index in [4.69, 9.17) is 24.4 Å². The van der Waals surface area contributed by atoms with E-state index in [0.29, 0.717) is 32.4 Å². The van der Waals surface area contributed by atoms with Crippen molar-refractivity contribution >= 4 is 17.8 Å². The van der Waals surface area contributed by atoms with Crippen LogP contribution in [0, 0.1) is 0 Å². The molecule has 8 heteroatoms. The van der Waals surface area contributed by atoms with Crippen LogP contribution in [0.4, 0.5) is 17.8 Å². The third kappa shape index (κ3) is 5.55. The first-order valence-corrected chi connectivity index (χ1v) is 10.5. The maximum atomic E-state index is 5.48. The van der Waals surface area contributed by atoms with Crippen LogP contribution in [0.2, 0.25) is 0 Å².